The Bertz CT molecular complexity index is 979. The molecular formula is C18H21N5O3S. The number of nitrogens with zero attached hydrogens (tertiary/aromatic N) is 3. The van der Waals surface area contributed by atoms with Gasteiger partial charge in [0, 0.05) is 19.0 Å². The second-order valence-corrected chi connectivity index (χ2v) is 8.46. The summed E-state index contributed by atoms with van der Waals surface area (Å²) in [6.07, 6.45) is 0.853. The van der Waals surface area contributed by atoms with E-state index < -0.39 is 10.0 Å². The predicted octanol–water partition coefficient (Wildman–Crippen LogP) is 1.94. The first kappa shape index (κ1) is 19.1. The molecule has 0 spiro atoms. The van der Waals surface area contributed by atoms with Crippen LogP contribution < -0.4 is 5.32 Å². The Balaban J connectivity index is 1.67. The normalized spacial score (nSPS) is 16.0. The number of hydrogen-bond acceptors (Lipinski definition) is 5. The molecule has 2 aromatic rings. The van der Waals surface area contributed by atoms with Crippen molar-refractivity contribution >= 4 is 21.6 Å². The van der Waals surface area contributed by atoms with Crippen LogP contribution in [0.25, 0.3) is 0 Å². The predicted molar refractivity (Wildman–Crippen MR) is 99.3 cm³/mol. The Hall–Kier alpha value is -2.70. The van der Waals surface area contributed by atoms with Crippen LogP contribution in [0.3, 0.4) is 0 Å². The van der Waals surface area contributed by atoms with Gasteiger partial charge in [0.2, 0.25) is 15.9 Å². The number of nitriles is 1. The summed E-state index contributed by atoms with van der Waals surface area (Å²) in [5, 5.41) is 18.6. The van der Waals surface area contributed by atoms with Crippen LogP contribution in [0.4, 0.5) is 5.69 Å². The number of carbonyl (C=O) groups excluding carboxylic acids is 1. The third kappa shape index (κ3) is 3.72. The average molecular weight is 387 g/mol. The third-order valence-corrected chi connectivity index (χ3v) is 6.95. The molecule has 0 atom stereocenters. The van der Waals surface area contributed by atoms with Crippen LogP contribution in [0.5, 0.6) is 0 Å². The molecule has 0 unspecified atom stereocenters. The first-order valence-corrected chi connectivity index (χ1v) is 10.1. The van der Waals surface area contributed by atoms with E-state index in [2.05, 4.69) is 15.5 Å². The van der Waals surface area contributed by atoms with Gasteiger partial charge in [0.15, 0.2) is 0 Å². The van der Waals surface area contributed by atoms with E-state index in [0.717, 1.165) is 0 Å². The smallest absolute Gasteiger partial charge is 0.246 e. The number of hydrogen-bond donors (Lipinski definition) is 2. The number of rotatable bonds is 4. The summed E-state index contributed by atoms with van der Waals surface area (Å²) in [4.78, 5) is 12.7. The summed E-state index contributed by atoms with van der Waals surface area (Å²) in [5.74, 6) is -0.486. The summed E-state index contributed by atoms with van der Waals surface area (Å²) in [6, 6.07) is 8.85. The van der Waals surface area contributed by atoms with Crippen molar-refractivity contribution in [2.24, 2.45) is 5.92 Å². The van der Waals surface area contributed by atoms with Crippen molar-refractivity contribution in [3.8, 4) is 6.07 Å². The quantitative estimate of drug-likeness (QED) is 0.831. The zero-order valence-electron chi connectivity index (χ0n) is 15.2. The van der Waals surface area contributed by atoms with E-state index in [1.807, 2.05) is 6.07 Å². The van der Waals surface area contributed by atoms with Gasteiger partial charge in [-0.1, -0.05) is 12.1 Å². The van der Waals surface area contributed by atoms with Crippen molar-refractivity contribution in [3.05, 3.63) is 41.2 Å². The van der Waals surface area contributed by atoms with E-state index in [4.69, 9.17) is 5.26 Å². The van der Waals surface area contributed by atoms with Crippen molar-refractivity contribution in [1.82, 2.24) is 14.5 Å². The first-order valence-electron chi connectivity index (χ1n) is 8.66. The number of benzene rings is 1. The molecular weight excluding hydrogens is 366 g/mol. The van der Waals surface area contributed by atoms with Gasteiger partial charge in [0.1, 0.15) is 11.0 Å². The van der Waals surface area contributed by atoms with Crippen molar-refractivity contribution in [3.63, 3.8) is 0 Å². The van der Waals surface area contributed by atoms with Crippen LogP contribution in [-0.4, -0.2) is 41.9 Å². The zero-order chi connectivity index (χ0) is 19.6. The molecule has 0 aliphatic carbocycles. The molecule has 0 radical (unpaired) electrons. The lowest BCUT2D eigenvalue weighted by molar-refractivity contribution is -0.120. The number of sulfonamides is 1. The SMILES string of the molecule is Cc1n[nH]c(C)c1S(=O)(=O)N1CCC(C(=O)Nc2ccccc2C#N)CC1. The average Bonchev–Trinajstić information content (AvgIpc) is 3.01. The minimum Gasteiger partial charge on any atom is -0.325 e. The highest BCUT2D eigenvalue weighted by molar-refractivity contribution is 7.89. The van der Waals surface area contributed by atoms with Crippen LogP contribution in [-0.2, 0) is 14.8 Å². The van der Waals surface area contributed by atoms with Crippen molar-refractivity contribution < 1.29 is 13.2 Å². The molecule has 0 bridgehead atoms. The number of piperidine rings is 1. The molecule has 1 saturated heterocycles. The fourth-order valence-electron chi connectivity index (χ4n) is 3.33. The Labute approximate surface area is 158 Å². The molecule has 1 fully saturated rings. The Morgan fingerprint density at radius 3 is 2.56 bits per heavy atom. The fourth-order valence-corrected chi connectivity index (χ4v) is 5.13. The molecule has 2 heterocycles. The molecule has 3 rings (SSSR count). The molecule has 9 heteroatoms. The molecule has 2 N–H and O–H groups in total. The van der Waals surface area contributed by atoms with Crippen LogP contribution in [0.15, 0.2) is 29.2 Å². The number of aromatic amines is 1. The van der Waals surface area contributed by atoms with Crippen molar-refractivity contribution in [2.45, 2.75) is 31.6 Å². The van der Waals surface area contributed by atoms with Gasteiger partial charge in [-0.05, 0) is 38.8 Å². The van der Waals surface area contributed by atoms with Crippen LogP contribution in [0.1, 0.15) is 29.8 Å². The summed E-state index contributed by atoms with van der Waals surface area (Å²) >= 11 is 0. The van der Waals surface area contributed by atoms with Crippen LogP contribution >= 0.6 is 0 Å². The van der Waals surface area contributed by atoms with Gasteiger partial charge in [-0.2, -0.15) is 14.7 Å². The number of para-hydroxylation sites is 1. The summed E-state index contributed by atoms with van der Waals surface area (Å²) < 4.78 is 27.1. The van der Waals surface area contributed by atoms with Crippen molar-refractivity contribution in [2.75, 3.05) is 18.4 Å². The highest BCUT2D eigenvalue weighted by atomic mass is 32.2. The maximum Gasteiger partial charge on any atom is 0.246 e. The van der Waals surface area contributed by atoms with E-state index in [1.165, 1.54) is 4.31 Å². The second kappa shape index (κ2) is 7.50. The van der Waals surface area contributed by atoms with E-state index in [1.54, 1.807) is 38.1 Å². The van der Waals surface area contributed by atoms with Gasteiger partial charge in [0.05, 0.1) is 22.6 Å². The standard InChI is InChI=1S/C18H21N5O3S/c1-12-17(13(2)22-21-12)27(25,26)23-9-7-14(8-10-23)18(24)20-16-6-4-3-5-15(16)11-19/h3-6,14H,7-10H2,1-2H3,(H,20,24)(H,21,22). The molecule has 1 amide bonds. The van der Waals surface area contributed by atoms with Crippen LogP contribution in [0.2, 0.25) is 0 Å². The van der Waals surface area contributed by atoms with E-state index >= 15 is 0 Å². The molecule has 1 aliphatic heterocycles. The molecule has 27 heavy (non-hydrogen) atoms. The number of H-pyrrole nitrogens is 1. The number of aromatic nitrogens is 2. The maximum absolute atomic E-state index is 12.9. The Kier molecular flexibility index (Phi) is 5.30. The molecule has 1 aromatic heterocycles. The van der Waals surface area contributed by atoms with Gasteiger partial charge in [-0.15, -0.1) is 0 Å². The molecule has 1 aliphatic rings. The fraction of sp³-hybridized carbons (Fsp3) is 0.389. The van der Waals surface area contributed by atoms with Gasteiger partial charge < -0.3 is 5.32 Å². The topological polar surface area (TPSA) is 119 Å². The number of anilines is 1. The number of nitrogens with one attached hydrogen (secondary N) is 2. The number of amides is 1. The number of carbonyl (C=O) groups is 1. The minimum atomic E-state index is -3.63. The van der Waals surface area contributed by atoms with E-state index in [9.17, 15) is 13.2 Å². The third-order valence-electron chi connectivity index (χ3n) is 4.79. The van der Waals surface area contributed by atoms with Crippen LogP contribution in [0, 0.1) is 31.1 Å². The summed E-state index contributed by atoms with van der Waals surface area (Å²) in [5.41, 5.74) is 1.84. The largest absolute Gasteiger partial charge is 0.325 e. The number of aryl methyl sites for hydroxylation is 2. The summed E-state index contributed by atoms with van der Waals surface area (Å²) in [6.45, 7) is 3.87. The van der Waals surface area contributed by atoms with E-state index in [-0.39, 0.29) is 29.8 Å². The maximum atomic E-state index is 12.9. The van der Waals surface area contributed by atoms with E-state index in [0.29, 0.717) is 35.5 Å². The molecule has 142 valence electrons. The zero-order valence-corrected chi connectivity index (χ0v) is 16.0. The van der Waals surface area contributed by atoms with Gasteiger partial charge in [-0.25, -0.2) is 8.42 Å². The Morgan fingerprint density at radius 1 is 1.30 bits per heavy atom. The minimum absolute atomic E-state index is 0.189. The molecule has 1 aromatic carbocycles. The summed E-state index contributed by atoms with van der Waals surface area (Å²) in [7, 11) is -3.63. The van der Waals surface area contributed by atoms with Gasteiger partial charge in [-0.3, -0.25) is 9.89 Å². The first-order chi connectivity index (χ1) is 12.8. The monoisotopic (exact) mass is 387 g/mol. The van der Waals surface area contributed by atoms with Crippen molar-refractivity contribution in [1.29, 1.82) is 5.26 Å². The lowest BCUT2D eigenvalue weighted by Crippen LogP contribution is -2.41. The van der Waals surface area contributed by atoms with Gasteiger partial charge in [0.25, 0.3) is 0 Å². The Morgan fingerprint density at radius 2 is 1.96 bits per heavy atom. The lowest BCUT2D eigenvalue weighted by atomic mass is 9.97. The lowest BCUT2D eigenvalue weighted by Gasteiger charge is -2.30. The molecule has 8 nitrogen and oxygen atoms in total. The highest BCUT2D eigenvalue weighted by Gasteiger charge is 2.34. The highest BCUT2D eigenvalue weighted by Crippen LogP contribution is 2.27. The second-order valence-electron chi connectivity index (χ2n) is 6.59. The molecule has 0 saturated carbocycles. The van der Waals surface area contributed by atoms with Gasteiger partial charge >= 0.3 is 0 Å².